The van der Waals surface area contributed by atoms with Gasteiger partial charge in [-0.15, -0.1) is 9.78 Å². The number of rotatable bonds is 3. The summed E-state index contributed by atoms with van der Waals surface area (Å²) in [5, 5.41) is 4.46. The van der Waals surface area contributed by atoms with Crippen LogP contribution in [0.1, 0.15) is 17.0 Å². The molecule has 0 N–H and O–H groups in total. The summed E-state index contributed by atoms with van der Waals surface area (Å²) >= 11 is 0. The van der Waals surface area contributed by atoms with Crippen molar-refractivity contribution < 1.29 is 18.9 Å². The van der Waals surface area contributed by atoms with Gasteiger partial charge in [-0.05, 0) is 37.6 Å². The molecule has 9 nitrogen and oxygen atoms in total. The summed E-state index contributed by atoms with van der Waals surface area (Å²) in [5.74, 6) is 1.35. The number of imide groups is 1. The van der Waals surface area contributed by atoms with Crippen LogP contribution in [0, 0.1) is 13.8 Å². The second-order valence-electron chi connectivity index (χ2n) is 7.24. The standard InChI is InChI=1S/C20H23N6O3/c1-12-10-13(2)26(22-12)19-21-17-16(23(19)3)18(27)25(20(28)24(17)4)11-14-6-8-15(29-5)9-7-14/h6-10,16H,11H2,1-5H3/q+1. The van der Waals surface area contributed by atoms with E-state index in [9.17, 15) is 9.59 Å². The summed E-state index contributed by atoms with van der Waals surface area (Å²) in [6, 6.07) is 8.17. The number of aromatic nitrogens is 2. The van der Waals surface area contributed by atoms with E-state index in [0.29, 0.717) is 11.8 Å². The predicted octanol–water partition coefficient (Wildman–Crippen LogP) is 1.23. The first-order valence-corrected chi connectivity index (χ1v) is 9.26. The molecule has 1 atom stereocenters. The van der Waals surface area contributed by atoms with Crippen molar-refractivity contribution in [1.29, 1.82) is 0 Å². The monoisotopic (exact) mass is 395 g/mol. The number of methoxy groups -OCH3 is 1. The van der Waals surface area contributed by atoms with Crippen molar-refractivity contribution in [2.75, 3.05) is 21.2 Å². The second-order valence-corrected chi connectivity index (χ2v) is 7.24. The maximum absolute atomic E-state index is 13.3. The Kier molecular flexibility index (Phi) is 4.45. The number of hydrogen-bond acceptors (Lipinski definition) is 5. The molecule has 150 valence electrons. The number of carbonyl (C=O) groups is 2. The van der Waals surface area contributed by atoms with Gasteiger partial charge in [-0.3, -0.25) is 14.6 Å². The Balaban J connectivity index is 1.68. The van der Waals surface area contributed by atoms with Crippen molar-refractivity contribution in [3.05, 3.63) is 47.3 Å². The lowest BCUT2D eigenvalue weighted by Gasteiger charge is -2.33. The summed E-state index contributed by atoms with van der Waals surface area (Å²) in [6.07, 6.45) is 0. The molecule has 1 aromatic carbocycles. The fourth-order valence-electron chi connectivity index (χ4n) is 3.67. The van der Waals surface area contributed by atoms with E-state index in [1.807, 2.05) is 32.0 Å². The zero-order chi connectivity index (χ0) is 20.9. The SMILES string of the molecule is COc1ccc(CN2C(=O)C3C(=NC(n4nc(C)cc4C)=[N+]3C)N(C)C2=O)cc1. The van der Waals surface area contributed by atoms with Gasteiger partial charge >= 0.3 is 12.0 Å². The molecule has 29 heavy (non-hydrogen) atoms. The highest BCUT2D eigenvalue weighted by atomic mass is 16.5. The van der Waals surface area contributed by atoms with Crippen LogP contribution in [0.5, 0.6) is 5.75 Å². The molecular formula is C20H23N6O3+. The average molecular weight is 395 g/mol. The van der Waals surface area contributed by atoms with Gasteiger partial charge in [-0.25, -0.2) is 9.37 Å². The lowest BCUT2D eigenvalue weighted by Crippen LogP contribution is -2.62. The molecule has 0 radical (unpaired) electrons. The highest BCUT2D eigenvalue weighted by Gasteiger charge is 2.52. The fraction of sp³-hybridized carbons (Fsp3) is 0.350. The summed E-state index contributed by atoms with van der Waals surface area (Å²) in [7, 11) is 5.02. The maximum atomic E-state index is 13.3. The predicted molar refractivity (Wildman–Crippen MR) is 106 cm³/mol. The third-order valence-electron chi connectivity index (χ3n) is 5.22. The van der Waals surface area contributed by atoms with Crippen LogP contribution in [0.4, 0.5) is 4.79 Å². The van der Waals surface area contributed by atoms with E-state index in [0.717, 1.165) is 22.7 Å². The van der Waals surface area contributed by atoms with Gasteiger partial charge in [0.05, 0.1) is 26.4 Å². The molecule has 4 rings (SSSR count). The Morgan fingerprint density at radius 2 is 1.86 bits per heavy atom. The molecule has 1 fully saturated rings. The maximum Gasteiger partial charge on any atom is 0.421 e. The average Bonchev–Trinajstić information content (AvgIpc) is 3.22. The minimum absolute atomic E-state index is 0.179. The molecule has 0 saturated carbocycles. The molecule has 9 heteroatoms. The van der Waals surface area contributed by atoms with Crippen molar-refractivity contribution in [2.24, 2.45) is 4.99 Å². The van der Waals surface area contributed by atoms with Crippen molar-refractivity contribution in [3.63, 3.8) is 0 Å². The van der Waals surface area contributed by atoms with Gasteiger partial charge < -0.3 is 4.74 Å². The van der Waals surface area contributed by atoms with E-state index in [1.165, 1.54) is 9.80 Å². The molecule has 2 aromatic rings. The number of ether oxygens (including phenoxy) is 1. The normalized spacial score (nSPS) is 19.1. The molecule has 3 amide bonds. The number of hydrogen-bond donors (Lipinski definition) is 0. The molecular weight excluding hydrogens is 372 g/mol. The third-order valence-corrected chi connectivity index (χ3v) is 5.22. The quantitative estimate of drug-likeness (QED) is 0.732. The number of amides is 3. The van der Waals surface area contributed by atoms with Gasteiger partial charge in [0.25, 0.3) is 5.91 Å². The van der Waals surface area contributed by atoms with Crippen LogP contribution in [0.3, 0.4) is 0 Å². The van der Waals surface area contributed by atoms with Crippen molar-refractivity contribution in [2.45, 2.75) is 26.4 Å². The Morgan fingerprint density at radius 1 is 1.17 bits per heavy atom. The molecule has 0 bridgehead atoms. The smallest absolute Gasteiger partial charge is 0.421 e. The van der Waals surface area contributed by atoms with Gasteiger partial charge in [0.1, 0.15) is 11.4 Å². The van der Waals surface area contributed by atoms with Gasteiger partial charge in [-0.2, -0.15) is 0 Å². The van der Waals surface area contributed by atoms with Crippen LogP contribution in [0.25, 0.3) is 0 Å². The summed E-state index contributed by atoms with van der Waals surface area (Å²) < 4.78 is 8.62. The molecule has 1 aromatic heterocycles. The Morgan fingerprint density at radius 3 is 2.45 bits per heavy atom. The zero-order valence-corrected chi connectivity index (χ0v) is 17.1. The number of fused-ring (bicyclic) bond motifs is 1. The van der Waals surface area contributed by atoms with Crippen LogP contribution in [-0.2, 0) is 11.3 Å². The second kappa shape index (κ2) is 6.84. The molecule has 0 aliphatic carbocycles. The number of amidine groups is 1. The first kappa shape index (κ1) is 18.9. The topological polar surface area (TPSA) is 83.0 Å². The minimum atomic E-state index is -0.671. The van der Waals surface area contributed by atoms with E-state index < -0.39 is 12.1 Å². The molecule has 0 spiro atoms. The first-order chi connectivity index (χ1) is 13.8. The van der Waals surface area contributed by atoms with Crippen molar-refractivity contribution in [3.8, 4) is 5.75 Å². The van der Waals surface area contributed by atoms with E-state index in [1.54, 1.807) is 42.6 Å². The summed E-state index contributed by atoms with van der Waals surface area (Å²) in [6.45, 7) is 4.01. The Bertz CT molecular complexity index is 1070. The van der Waals surface area contributed by atoms with Crippen LogP contribution < -0.4 is 4.74 Å². The minimum Gasteiger partial charge on any atom is -0.497 e. The Labute approximate surface area is 168 Å². The van der Waals surface area contributed by atoms with E-state index in [2.05, 4.69) is 10.1 Å². The summed E-state index contributed by atoms with van der Waals surface area (Å²) in [5.41, 5.74) is 2.60. The molecule has 2 aliphatic heterocycles. The Hall–Kier alpha value is -3.49. The number of urea groups is 1. The molecule has 3 heterocycles. The summed E-state index contributed by atoms with van der Waals surface area (Å²) in [4.78, 5) is 33.4. The van der Waals surface area contributed by atoms with E-state index >= 15 is 0 Å². The lowest BCUT2D eigenvalue weighted by atomic mass is 10.1. The fourth-order valence-corrected chi connectivity index (χ4v) is 3.67. The highest BCUT2D eigenvalue weighted by molar-refractivity contribution is 6.22. The van der Waals surface area contributed by atoms with E-state index in [-0.39, 0.29) is 12.5 Å². The van der Waals surface area contributed by atoms with Crippen molar-refractivity contribution >= 4 is 23.7 Å². The largest absolute Gasteiger partial charge is 0.497 e. The van der Waals surface area contributed by atoms with Crippen LogP contribution >= 0.6 is 0 Å². The van der Waals surface area contributed by atoms with E-state index in [4.69, 9.17) is 4.74 Å². The highest BCUT2D eigenvalue weighted by Crippen LogP contribution is 2.22. The number of carbonyl (C=O) groups excluding carboxylic acids is 2. The zero-order valence-electron chi connectivity index (χ0n) is 17.1. The molecule has 1 saturated heterocycles. The van der Waals surface area contributed by atoms with Crippen molar-refractivity contribution in [1.82, 2.24) is 19.6 Å². The molecule has 2 aliphatic rings. The number of nitrogens with zero attached hydrogens (tertiary/aromatic N) is 6. The number of aryl methyl sites for hydroxylation is 2. The van der Waals surface area contributed by atoms with Gasteiger partial charge in [-0.1, -0.05) is 17.1 Å². The van der Waals surface area contributed by atoms with Crippen LogP contribution in [-0.4, -0.2) is 75.1 Å². The van der Waals surface area contributed by atoms with Crippen LogP contribution in [0.15, 0.2) is 35.3 Å². The number of benzene rings is 1. The van der Waals surface area contributed by atoms with Gasteiger partial charge in [0.2, 0.25) is 11.9 Å². The van der Waals surface area contributed by atoms with Gasteiger partial charge in [0, 0.05) is 7.05 Å². The third kappa shape index (κ3) is 2.98. The number of likely N-dealkylation sites (N-methyl/N-ethyl adjacent to an activating group) is 2. The molecule has 1 unspecified atom stereocenters. The van der Waals surface area contributed by atoms with Gasteiger partial charge in [0.15, 0.2) is 0 Å². The van der Waals surface area contributed by atoms with Crippen LogP contribution in [0.2, 0.25) is 0 Å². The lowest BCUT2D eigenvalue weighted by molar-refractivity contribution is -0.507. The number of aliphatic imine (C=N–C) groups is 1. The first-order valence-electron chi connectivity index (χ1n) is 9.26.